The molecule has 3 aromatic heterocycles. The summed E-state index contributed by atoms with van der Waals surface area (Å²) >= 11 is 5.92. The van der Waals surface area contributed by atoms with Crippen molar-refractivity contribution in [3.8, 4) is 5.88 Å². The highest BCUT2D eigenvalue weighted by Gasteiger charge is 2.15. The number of aromatic nitrogens is 3. The van der Waals surface area contributed by atoms with Crippen molar-refractivity contribution in [1.82, 2.24) is 20.5 Å². The molecule has 11 nitrogen and oxygen atoms in total. The number of halogens is 1. The number of rotatable bonds is 7. The third-order valence-corrected chi connectivity index (χ3v) is 6.56. The first-order valence-corrected chi connectivity index (χ1v) is 13.6. The number of ether oxygens (including phenoxy) is 1. The molecule has 0 aliphatic heterocycles. The molecular formula is C27H24ClN5O6S. The van der Waals surface area contributed by atoms with Crippen molar-refractivity contribution < 1.29 is 26.9 Å². The van der Waals surface area contributed by atoms with Gasteiger partial charge < -0.3 is 19.8 Å². The zero-order valence-corrected chi connectivity index (χ0v) is 22.9. The Morgan fingerprint density at radius 3 is 2.45 bits per heavy atom. The maximum Gasteiger partial charge on any atom is 0.294 e. The van der Waals surface area contributed by atoms with Gasteiger partial charge in [-0.25, -0.2) is 0 Å². The number of pyridine rings is 1. The highest BCUT2D eigenvalue weighted by Crippen LogP contribution is 2.31. The first kappa shape index (κ1) is 28.5. The average molecular weight is 582 g/mol. The molecule has 0 aliphatic rings. The number of anilines is 2. The van der Waals surface area contributed by atoms with Crippen LogP contribution in [0.1, 0.15) is 21.6 Å². The zero-order valence-electron chi connectivity index (χ0n) is 21.3. The van der Waals surface area contributed by atoms with Crippen LogP contribution in [0.2, 0.25) is 5.02 Å². The van der Waals surface area contributed by atoms with E-state index in [4.69, 9.17) is 25.3 Å². The van der Waals surface area contributed by atoms with Crippen LogP contribution in [-0.2, 0) is 16.7 Å². The first-order chi connectivity index (χ1) is 19.1. The number of aryl methyl sites for hydroxylation is 1. The van der Waals surface area contributed by atoms with Crippen LogP contribution < -0.4 is 15.4 Å². The second-order valence-electron chi connectivity index (χ2n) is 8.35. The van der Waals surface area contributed by atoms with Crippen molar-refractivity contribution in [1.29, 1.82) is 0 Å². The van der Waals surface area contributed by atoms with Crippen molar-refractivity contribution in [3.05, 3.63) is 101 Å². The first-order valence-electron chi connectivity index (χ1n) is 11.7. The van der Waals surface area contributed by atoms with E-state index in [-0.39, 0.29) is 23.3 Å². The number of amides is 1. The summed E-state index contributed by atoms with van der Waals surface area (Å²) in [5.41, 5.74) is 3.32. The molecule has 5 aromatic rings. The average Bonchev–Trinajstić information content (AvgIpc) is 3.44. The van der Waals surface area contributed by atoms with Crippen molar-refractivity contribution in [2.75, 3.05) is 12.4 Å². The molecule has 0 saturated heterocycles. The molecule has 5 rings (SSSR count). The lowest BCUT2D eigenvalue weighted by molar-refractivity contribution is 0.0958. The van der Waals surface area contributed by atoms with Gasteiger partial charge in [0.25, 0.3) is 21.9 Å². The van der Waals surface area contributed by atoms with Gasteiger partial charge in [-0.1, -0.05) is 29.3 Å². The molecule has 0 atom stereocenters. The summed E-state index contributed by atoms with van der Waals surface area (Å²) in [6.45, 7) is 2.02. The van der Waals surface area contributed by atoms with E-state index < -0.39 is 10.1 Å². The largest absolute Gasteiger partial charge is 0.469 e. The Balaban J connectivity index is 0.000000283. The van der Waals surface area contributed by atoms with Gasteiger partial charge in [-0.05, 0) is 67.1 Å². The SMILES string of the molecule is CNC(=O)c1cc(COc2nnc(Nc3ccc(Cl)cc3)c3ccoc23)ccn1.Cc1ccc(S(=O)(=O)O)cc1. The maximum absolute atomic E-state index is 11.7. The highest BCUT2D eigenvalue weighted by molar-refractivity contribution is 7.85. The van der Waals surface area contributed by atoms with Gasteiger partial charge in [0.15, 0.2) is 5.82 Å². The van der Waals surface area contributed by atoms with E-state index in [1.807, 2.05) is 19.1 Å². The quantitative estimate of drug-likeness (QED) is 0.218. The number of hydrogen-bond donors (Lipinski definition) is 3. The lowest BCUT2D eigenvalue weighted by Crippen LogP contribution is -2.19. The molecule has 2 aromatic carbocycles. The van der Waals surface area contributed by atoms with E-state index in [0.29, 0.717) is 22.1 Å². The predicted octanol–water partition coefficient (Wildman–Crippen LogP) is 5.20. The lowest BCUT2D eigenvalue weighted by Gasteiger charge is -2.09. The Kier molecular flexibility index (Phi) is 8.94. The van der Waals surface area contributed by atoms with Crippen molar-refractivity contribution in [2.24, 2.45) is 0 Å². The Bertz CT molecular complexity index is 1730. The number of furan rings is 1. The smallest absolute Gasteiger partial charge is 0.294 e. The summed E-state index contributed by atoms with van der Waals surface area (Å²) in [5, 5.41) is 15.4. The van der Waals surface area contributed by atoms with Gasteiger partial charge in [0.1, 0.15) is 12.3 Å². The van der Waals surface area contributed by atoms with Crippen LogP contribution in [0.3, 0.4) is 0 Å². The maximum atomic E-state index is 11.7. The van der Waals surface area contributed by atoms with Gasteiger partial charge in [0, 0.05) is 24.0 Å². The number of carbonyl (C=O) groups excluding carboxylic acids is 1. The Morgan fingerprint density at radius 1 is 1.05 bits per heavy atom. The van der Waals surface area contributed by atoms with Crippen molar-refractivity contribution >= 4 is 50.1 Å². The Labute approximate surface area is 234 Å². The second-order valence-corrected chi connectivity index (χ2v) is 10.2. The summed E-state index contributed by atoms with van der Waals surface area (Å²) in [7, 11) is -2.47. The number of benzene rings is 2. The molecule has 13 heteroatoms. The van der Waals surface area contributed by atoms with Crippen molar-refractivity contribution in [2.45, 2.75) is 18.4 Å². The van der Waals surface area contributed by atoms with Gasteiger partial charge in [0.2, 0.25) is 5.58 Å². The second kappa shape index (κ2) is 12.6. The number of carbonyl (C=O) groups is 1. The normalized spacial score (nSPS) is 10.9. The highest BCUT2D eigenvalue weighted by atomic mass is 35.5. The van der Waals surface area contributed by atoms with Gasteiger partial charge in [-0.2, -0.15) is 8.42 Å². The fourth-order valence-corrected chi connectivity index (χ4v) is 4.00. The third-order valence-electron chi connectivity index (χ3n) is 5.44. The fraction of sp³-hybridized carbons (Fsp3) is 0.111. The van der Waals surface area contributed by atoms with Gasteiger partial charge in [-0.3, -0.25) is 14.3 Å². The minimum atomic E-state index is -4.02. The van der Waals surface area contributed by atoms with Crippen LogP contribution in [0.15, 0.2) is 88.5 Å². The molecule has 1 amide bonds. The minimum absolute atomic E-state index is 0.0666. The fourth-order valence-electron chi connectivity index (χ4n) is 3.39. The van der Waals surface area contributed by atoms with Crippen LogP contribution >= 0.6 is 11.6 Å². The lowest BCUT2D eigenvalue weighted by atomic mass is 10.2. The minimum Gasteiger partial charge on any atom is -0.469 e. The molecule has 0 unspecified atom stereocenters. The summed E-state index contributed by atoms with van der Waals surface area (Å²) in [6.07, 6.45) is 3.10. The molecule has 0 spiro atoms. The molecule has 0 aliphatic carbocycles. The van der Waals surface area contributed by atoms with Gasteiger partial charge in [-0.15, -0.1) is 10.2 Å². The number of hydrogen-bond acceptors (Lipinski definition) is 9. The molecule has 0 saturated carbocycles. The molecule has 0 radical (unpaired) electrons. The summed E-state index contributed by atoms with van der Waals surface area (Å²) in [4.78, 5) is 15.7. The zero-order chi connectivity index (χ0) is 28.7. The van der Waals surface area contributed by atoms with Crippen LogP contribution in [0, 0.1) is 6.92 Å². The van der Waals surface area contributed by atoms with E-state index in [0.717, 1.165) is 22.2 Å². The van der Waals surface area contributed by atoms with Gasteiger partial charge >= 0.3 is 0 Å². The summed E-state index contributed by atoms with van der Waals surface area (Å²) < 4.78 is 40.9. The monoisotopic (exact) mass is 581 g/mol. The van der Waals surface area contributed by atoms with E-state index >= 15 is 0 Å². The summed E-state index contributed by atoms with van der Waals surface area (Å²) in [6, 6.07) is 18.4. The Hall–Kier alpha value is -4.52. The predicted molar refractivity (Wildman–Crippen MR) is 149 cm³/mol. The topological polar surface area (TPSA) is 157 Å². The van der Waals surface area contributed by atoms with Crippen LogP contribution in [-0.4, -0.2) is 41.1 Å². The number of nitrogens with zero attached hydrogens (tertiary/aromatic N) is 3. The standard InChI is InChI=1S/C20H16ClN5O3.C7H8O3S/c1-22-19(27)16-10-12(6-8-23-16)11-29-20-17-15(7-9-28-17)18(25-26-20)24-14-4-2-13(21)3-5-14;1-6-2-4-7(5-3-6)11(8,9)10/h2-10H,11H2,1H3,(H,22,27)(H,24,25);2-5H,1H3,(H,8,9,10). The number of nitrogens with one attached hydrogen (secondary N) is 2. The van der Waals surface area contributed by atoms with Gasteiger partial charge in [0.05, 0.1) is 16.5 Å². The van der Waals surface area contributed by atoms with E-state index in [2.05, 4.69) is 25.8 Å². The van der Waals surface area contributed by atoms with Crippen LogP contribution in [0.25, 0.3) is 11.0 Å². The molecule has 3 heterocycles. The summed E-state index contributed by atoms with van der Waals surface area (Å²) in [5.74, 6) is 0.525. The molecule has 3 N–H and O–H groups in total. The molecule has 0 fully saturated rings. The van der Waals surface area contributed by atoms with E-state index in [1.54, 1.807) is 62.0 Å². The molecule has 0 bridgehead atoms. The van der Waals surface area contributed by atoms with Crippen LogP contribution in [0.5, 0.6) is 5.88 Å². The number of fused-ring (bicyclic) bond motifs is 1. The molecule has 206 valence electrons. The molecule has 40 heavy (non-hydrogen) atoms. The Morgan fingerprint density at radius 2 is 1.77 bits per heavy atom. The van der Waals surface area contributed by atoms with E-state index in [9.17, 15) is 13.2 Å². The van der Waals surface area contributed by atoms with Crippen LogP contribution in [0.4, 0.5) is 11.5 Å². The van der Waals surface area contributed by atoms with E-state index in [1.165, 1.54) is 12.1 Å². The molecular weight excluding hydrogens is 558 g/mol. The van der Waals surface area contributed by atoms with Crippen molar-refractivity contribution in [3.63, 3.8) is 0 Å². The third kappa shape index (κ3) is 7.32.